The van der Waals surface area contributed by atoms with Gasteiger partial charge in [-0.25, -0.2) is 0 Å². The zero-order valence-corrected chi connectivity index (χ0v) is 11.0. The third-order valence-corrected chi connectivity index (χ3v) is 3.79. The van der Waals surface area contributed by atoms with Crippen molar-refractivity contribution in [2.45, 2.75) is 6.42 Å². The zero-order chi connectivity index (χ0) is 13.4. The Hall–Kier alpha value is -1.46. The van der Waals surface area contributed by atoms with Crippen molar-refractivity contribution in [1.29, 1.82) is 0 Å². The van der Waals surface area contributed by atoms with Gasteiger partial charge in [-0.05, 0) is 18.6 Å². The summed E-state index contributed by atoms with van der Waals surface area (Å²) in [7, 11) is 0. The molecule has 0 aliphatic carbocycles. The van der Waals surface area contributed by atoms with E-state index in [4.69, 9.17) is 26.2 Å². The van der Waals surface area contributed by atoms with E-state index < -0.39 is 0 Å². The second-order valence-electron chi connectivity index (χ2n) is 4.78. The number of likely N-dealkylation sites (tertiary alicyclic amines) is 1. The summed E-state index contributed by atoms with van der Waals surface area (Å²) in [5.41, 5.74) is 0.493. The number of halogens is 1. The Kier molecular flexibility index (Phi) is 3.24. The molecule has 1 aromatic rings. The van der Waals surface area contributed by atoms with E-state index in [2.05, 4.69) is 0 Å². The molecule has 6 heteroatoms. The molecule has 19 heavy (non-hydrogen) atoms. The number of amides is 1. The number of fused-ring (bicyclic) bond motifs is 1. The van der Waals surface area contributed by atoms with Gasteiger partial charge in [-0.15, -0.1) is 0 Å². The summed E-state index contributed by atoms with van der Waals surface area (Å²) in [5, 5.41) is 9.50. The first-order valence-electron chi connectivity index (χ1n) is 6.18. The molecule has 0 bridgehead atoms. The summed E-state index contributed by atoms with van der Waals surface area (Å²) in [5.74, 6) is 1.09. The number of carbonyl (C=O) groups excluding carboxylic acids is 1. The van der Waals surface area contributed by atoms with Crippen molar-refractivity contribution in [2.75, 3.05) is 26.5 Å². The lowest BCUT2D eigenvalue weighted by Crippen LogP contribution is -2.29. The van der Waals surface area contributed by atoms with Gasteiger partial charge in [0.1, 0.15) is 0 Å². The summed E-state index contributed by atoms with van der Waals surface area (Å²) in [6.45, 7) is 1.49. The van der Waals surface area contributed by atoms with Gasteiger partial charge in [-0.3, -0.25) is 4.79 Å². The molecule has 1 saturated heterocycles. The van der Waals surface area contributed by atoms with E-state index in [1.807, 2.05) is 0 Å². The maximum atomic E-state index is 12.3. The van der Waals surface area contributed by atoms with E-state index in [-0.39, 0.29) is 25.2 Å². The van der Waals surface area contributed by atoms with Gasteiger partial charge in [0.05, 0.1) is 5.02 Å². The molecule has 1 N–H and O–H groups in total. The van der Waals surface area contributed by atoms with Crippen molar-refractivity contribution in [2.24, 2.45) is 5.92 Å². The van der Waals surface area contributed by atoms with Gasteiger partial charge in [-0.2, -0.15) is 0 Å². The van der Waals surface area contributed by atoms with Gasteiger partial charge in [0, 0.05) is 31.2 Å². The Morgan fingerprint density at radius 2 is 2.32 bits per heavy atom. The average Bonchev–Trinajstić information content (AvgIpc) is 3.06. The normalized spacial score (nSPS) is 20.9. The summed E-state index contributed by atoms with van der Waals surface area (Å²) >= 11 is 6.07. The van der Waals surface area contributed by atoms with Crippen molar-refractivity contribution in [3.05, 3.63) is 22.7 Å². The van der Waals surface area contributed by atoms with Crippen LogP contribution in [0.4, 0.5) is 0 Å². The molecule has 1 unspecified atom stereocenters. The monoisotopic (exact) mass is 283 g/mol. The molecule has 1 amide bonds. The maximum absolute atomic E-state index is 12.3. The lowest BCUT2D eigenvalue weighted by Gasteiger charge is -2.16. The smallest absolute Gasteiger partial charge is 0.254 e. The lowest BCUT2D eigenvalue weighted by atomic mass is 10.1. The van der Waals surface area contributed by atoms with Crippen molar-refractivity contribution in [3.8, 4) is 11.5 Å². The number of nitrogens with zero attached hydrogens (tertiary/aromatic N) is 1. The molecule has 2 aliphatic heterocycles. The molecule has 2 heterocycles. The van der Waals surface area contributed by atoms with Crippen LogP contribution in [0.5, 0.6) is 11.5 Å². The highest BCUT2D eigenvalue weighted by molar-refractivity contribution is 6.32. The van der Waals surface area contributed by atoms with Gasteiger partial charge >= 0.3 is 0 Å². The molecule has 0 spiro atoms. The highest BCUT2D eigenvalue weighted by Crippen LogP contribution is 2.40. The molecule has 1 atom stereocenters. The predicted molar refractivity (Wildman–Crippen MR) is 68.7 cm³/mol. The number of hydrogen-bond acceptors (Lipinski definition) is 4. The number of carbonyl (C=O) groups is 1. The molecule has 3 rings (SSSR count). The molecule has 5 nitrogen and oxygen atoms in total. The van der Waals surface area contributed by atoms with Gasteiger partial charge in [0.15, 0.2) is 11.5 Å². The maximum Gasteiger partial charge on any atom is 0.254 e. The first-order chi connectivity index (χ1) is 9.19. The number of ether oxygens (including phenoxy) is 2. The van der Waals surface area contributed by atoms with Crippen LogP contribution in [0, 0.1) is 5.92 Å². The van der Waals surface area contributed by atoms with E-state index in [1.54, 1.807) is 17.0 Å². The van der Waals surface area contributed by atoms with Crippen LogP contribution in [0.2, 0.25) is 5.02 Å². The fourth-order valence-electron chi connectivity index (χ4n) is 2.44. The van der Waals surface area contributed by atoms with Crippen molar-refractivity contribution in [1.82, 2.24) is 4.90 Å². The molecular formula is C13H14ClNO4. The third-order valence-electron chi connectivity index (χ3n) is 3.51. The van der Waals surface area contributed by atoms with Crippen LogP contribution in [0.3, 0.4) is 0 Å². The summed E-state index contributed by atoms with van der Waals surface area (Å²) in [6.07, 6.45) is 0.834. The Bertz CT molecular complexity index is 520. The Balaban J connectivity index is 1.83. The highest BCUT2D eigenvalue weighted by atomic mass is 35.5. The fourth-order valence-corrected chi connectivity index (χ4v) is 2.70. The van der Waals surface area contributed by atoms with Gasteiger partial charge in [0.2, 0.25) is 6.79 Å². The number of aliphatic hydroxyl groups excluding tert-OH is 1. The third kappa shape index (κ3) is 2.24. The molecule has 0 radical (unpaired) electrons. The number of rotatable bonds is 2. The molecule has 0 saturated carbocycles. The van der Waals surface area contributed by atoms with Crippen molar-refractivity contribution in [3.63, 3.8) is 0 Å². The van der Waals surface area contributed by atoms with Crippen LogP contribution < -0.4 is 9.47 Å². The van der Waals surface area contributed by atoms with Crippen LogP contribution in [0.25, 0.3) is 0 Å². The summed E-state index contributed by atoms with van der Waals surface area (Å²) < 4.78 is 10.5. The quantitative estimate of drug-likeness (QED) is 0.894. The van der Waals surface area contributed by atoms with Crippen LogP contribution in [-0.4, -0.2) is 42.4 Å². The van der Waals surface area contributed by atoms with Crippen LogP contribution >= 0.6 is 11.6 Å². The minimum absolute atomic E-state index is 0.0869. The number of benzene rings is 1. The molecule has 0 aromatic heterocycles. The highest BCUT2D eigenvalue weighted by Gasteiger charge is 2.28. The van der Waals surface area contributed by atoms with Crippen LogP contribution in [0.1, 0.15) is 16.8 Å². The first-order valence-corrected chi connectivity index (χ1v) is 6.56. The molecule has 1 aromatic carbocycles. The van der Waals surface area contributed by atoms with E-state index in [1.165, 1.54) is 0 Å². The van der Waals surface area contributed by atoms with E-state index in [9.17, 15) is 4.79 Å². The Morgan fingerprint density at radius 3 is 3.05 bits per heavy atom. The van der Waals surface area contributed by atoms with E-state index in [0.717, 1.165) is 6.42 Å². The minimum atomic E-state index is -0.0869. The summed E-state index contributed by atoms with van der Waals surface area (Å²) in [4.78, 5) is 14.1. The Labute approximate surface area is 115 Å². The van der Waals surface area contributed by atoms with Gasteiger partial charge < -0.3 is 19.5 Å². The molecular weight excluding hydrogens is 270 g/mol. The molecule has 102 valence electrons. The van der Waals surface area contributed by atoms with Crippen molar-refractivity contribution >= 4 is 17.5 Å². The second kappa shape index (κ2) is 4.90. The SMILES string of the molecule is O=C(c1cc(Cl)c2c(c1)OCO2)N1CCC(CO)C1. The second-order valence-corrected chi connectivity index (χ2v) is 5.19. The summed E-state index contributed by atoms with van der Waals surface area (Å²) in [6, 6.07) is 3.26. The van der Waals surface area contributed by atoms with Gasteiger partial charge in [0.25, 0.3) is 5.91 Å². The predicted octanol–water partition coefficient (Wildman–Crippen LogP) is 1.52. The lowest BCUT2D eigenvalue weighted by molar-refractivity contribution is 0.0781. The Morgan fingerprint density at radius 1 is 1.47 bits per heavy atom. The standard InChI is InChI=1S/C13H14ClNO4/c14-10-3-9(4-11-12(10)19-7-18-11)13(17)15-2-1-8(5-15)6-16/h3-4,8,16H,1-2,5-7H2. The average molecular weight is 284 g/mol. The largest absolute Gasteiger partial charge is 0.454 e. The first kappa shape index (κ1) is 12.6. The number of hydrogen-bond donors (Lipinski definition) is 1. The van der Waals surface area contributed by atoms with E-state index >= 15 is 0 Å². The van der Waals surface area contributed by atoms with Crippen LogP contribution in [0.15, 0.2) is 12.1 Å². The topological polar surface area (TPSA) is 59.0 Å². The van der Waals surface area contributed by atoms with Crippen molar-refractivity contribution < 1.29 is 19.4 Å². The van der Waals surface area contributed by atoms with E-state index in [0.29, 0.717) is 35.2 Å². The molecule has 2 aliphatic rings. The zero-order valence-electron chi connectivity index (χ0n) is 10.3. The number of aliphatic hydroxyl groups is 1. The molecule has 1 fully saturated rings. The fraction of sp³-hybridized carbons (Fsp3) is 0.462. The van der Waals surface area contributed by atoms with Gasteiger partial charge in [-0.1, -0.05) is 11.6 Å². The van der Waals surface area contributed by atoms with Crippen LogP contribution in [-0.2, 0) is 0 Å². The minimum Gasteiger partial charge on any atom is -0.454 e.